The van der Waals surface area contributed by atoms with Gasteiger partial charge in [0.15, 0.2) is 0 Å². The van der Waals surface area contributed by atoms with Crippen LogP contribution in [0.25, 0.3) is 10.9 Å². The third-order valence-electron chi connectivity index (χ3n) is 4.01. The second-order valence-corrected chi connectivity index (χ2v) is 5.72. The first kappa shape index (κ1) is 19.1. The van der Waals surface area contributed by atoms with Crippen molar-refractivity contribution in [2.24, 2.45) is 0 Å². The summed E-state index contributed by atoms with van der Waals surface area (Å²) in [5, 5.41) is 3.75. The van der Waals surface area contributed by atoms with Crippen LogP contribution in [0.3, 0.4) is 0 Å². The molecule has 0 spiro atoms. The molecule has 0 bridgehead atoms. The lowest BCUT2D eigenvalue weighted by Gasteiger charge is -2.09. The third-order valence-corrected chi connectivity index (χ3v) is 4.01. The average Bonchev–Trinajstić information content (AvgIpc) is 2.75. The number of rotatable bonds is 6. The molecule has 0 saturated carbocycles. The summed E-state index contributed by atoms with van der Waals surface area (Å²) >= 11 is 0. The summed E-state index contributed by atoms with van der Waals surface area (Å²) in [6.07, 6.45) is 1.73. The molecule has 1 N–H and O–H groups in total. The SMILES string of the molecule is COc1ccc(C(=O)NCC#CCOc2cccc3cccnc23)c(OC)c1. The van der Waals surface area contributed by atoms with Crippen LogP contribution in [0.2, 0.25) is 0 Å². The minimum Gasteiger partial charge on any atom is -0.497 e. The smallest absolute Gasteiger partial charge is 0.255 e. The Morgan fingerprint density at radius 3 is 2.71 bits per heavy atom. The molecule has 142 valence electrons. The van der Waals surface area contributed by atoms with Gasteiger partial charge in [-0.1, -0.05) is 30.0 Å². The van der Waals surface area contributed by atoms with Gasteiger partial charge in [0.05, 0.1) is 26.3 Å². The van der Waals surface area contributed by atoms with Crippen LogP contribution in [0.15, 0.2) is 54.7 Å². The highest BCUT2D eigenvalue weighted by atomic mass is 16.5. The van der Waals surface area contributed by atoms with E-state index >= 15 is 0 Å². The van der Waals surface area contributed by atoms with Crippen LogP contribution in [0.4, 0.5) is 0 Å². The predicted molar refractivity (Wildman–Crippen MR) is 107 cm³/mol. The zero-order chi connectivity index (χ0) is 19.8. The topological polar surface area (TPSA) is 69.7 Å². The average molecular weight is 376 g/mol. The third kappa shape index (κ3) is 4.51. The molecule has 28 heavy (non-hydrogen) atoms. The quantitative estimate of drug-likeness (QED) is 0.670. The minimum atomic E-state index is -0.270. The van der Waals surface area contributed by atoms with E-state index in [1.807, 2.05) is 30.3 Å². The molecule has 0 radical (unpaired) electrons. The van der Waals surface area contributed by atoms with E-state index in [2.05, 4.69) is 22.1 Å². The van der Waals surface area contributed by atoms with Gasteiger partial charge >= 0.3 is 0 Å². The highest BCUT2D eigenvalue weighted by Gasteiger charge is 2.12. The summed E-state index contributed by atoms with van der Waals surface area (Å²) in [5.41, 5.74) is 1.22. The number of ether oxygens (including phenoxy) is 3. The normalized spacial score (nSPS) is 9.93. The molecule has 0 fully saturated rings. The second-order valence-electron chi connectivity index (χ2n) is 5.72. The lowest BCUT2D eigenvalue weighted by molar-refractivity contribution is 0.0955. The van der Waals surface area contributed by atoms with Gasteiger partial charge in [-0.05, 0) is 24.3 Å². The molecule has 6 heteroatoms. The Kier molecular flexibility index (Phi) is 6.32. The van der Waals surface area contributed by atoms with E-state index in [-0.39, 0.29) is 19.1 Å². The minimum absolute atomic E-state index is 0.200. The summed E-state index contributed by atoms with van der Waals surface area (Å²) in [7, 11) is 3.06. The molecule has 3 rings (SSSR count). The maximum atomic E-state index is 12.3. The van der Waals surface area contributed by atoms with Crippen LogP contribution in [0, 0.1) is 11.8 Å². The summed E-state index contributed by atoms with van der Waals surface area (Å²) in [4.78, 5) is 16.6. The molecule has 1 amide bonds. The maximum absolute atomic E-state index is 12.3. The molecule has 0 saturated heterocycles. The van der Waals surface area contributed by atoms with Crippen molar-refractivity contribution in [2.45, 2.75) is 0 Å². The van der Waals surface area contributed by atoms with Crippen molar-refractivity contribution in [2.75, 3.05) is 27.4 Å². The Hall–Kier alpha value is -3.72. The van der Waals surface area contributed by atoms with Crippen LogP contribution < -0.4 is 19.5 Å². The van der Waals surface area contributed by atoms with Gasteiger partial charge in [0.1, 0.15) is 29.4 Å². The zero-order valence-electron chi connectivity index (χ0n) is 15.7. The standard InChI is InChI=1S/C22H20N2O4/c1-26-17-10-11-18(20(15-17)27-2)22(25)24-12-3-4-14-28-19-9-5-7-16-8-6-13-23-21(16)19/h5-11,13,15H,12,14H2,1-2H3,(H,24,25). The Bertz CT molecular complexity index is 1030. The second kappa shape index (κ2) is 9.28. The van der Waals surface area contributed by atoms with Crippen molar-refractivity contribution in [1.82, 2.24) is 10.3 Å². The molecular formula is C22H20N2O4. The number of fused-ring (bicyclic) bond motifs is 1. The molecule has 0 aliphatic heterocycles. The number of para-hydroxylation sites is 1. The fraction of sp³-hybridized carbons (Fsp3) is 0.182. The van der Waals surface area contributed by atoms with Crippen molar-refractivity contribution < 1.29 is 19.0 Å². The van der Waals surface area contributed by atoms with Crippen LogP contribution in [0.5, 0.6) is 17.2 Å². The van der Waals surface area contributed by atoms with Gasteiger partial charge in [0, 0.05) is 17.6 Å². The molecular weight excluding hydrogens is 356 g/mol. The number of benzene rings is 2. The molecule has 0 aliphatic carbocycles. The first-order valence-corrected chi connectivity index (χ1v) is 8.65. The van der Waals surface area contributed by atoms with Crippen LogP contribution in [-0.4, -0.2) is 38.3 Å². The Morgan fingerprint density at radius 1 is 1.04 bits per heavy atom. The number of methoxy groups -OCH3 is 2. The monoisotopic (exact) mass is 376 g/mol. The zero-order valence-corrected chi connectivity index (χ0v) is 15.7. The molecule has 1 aromatic heterocycles. The molecule has 0 aliphatic rings. The first-order chi connectivity index (χ1) is 13.7. The highest BCUT2D eigenvalue weighted by Crippen LogP contribution is 2.24. The number of nitrogens with one attached hydrogen (secondary N) is 1. The lowest BCUT2D eigenvalue weighted by atomic mass is 10.1. The van der Waals surface area contributed by atoms with Crippen LogP contribution >= 0.6 is 0 Å². The van der Waals surface area contributed by atoms with Gasteiger partial charge in [-0.15, -0.1) is 0 Å². The summed E-state index contributed by atoms with van der Waals surface area (Å²) < 4.78 is 16.1. The van der Waals surface area contributed by atoms with Gasteiger partial charge in [-0.3, -0.25) is 9.78 Å². The largest absolute Gasteiger partial charge is 0.497 e. The molecule has 6 nitrogen and oxygen atoms in total. The lowest BCUT2D eigenvalue weighted by Crippen LogP contribution is -2.24. The van der Waals surface area contributed by atoms with E-state index in [1.165, 1.54) is 7.11 Å². The van der Waals surface area contributed by atoms with Gasteiger partial charge in [-0.2, -0.15) is 0 Å². The number of hydrogen-bond donors (Lipinski definition) is 1. The van der Waals surface area contributed by atoms with Crippen LogP contribution in [-0.2, 0) is 0 Å². The number of hydrogen-bond acceptors (Lipinski definition) is 5. The Morgan fingerprint density at radius 2 is 1.89 bits per heavy atom. The molecule has 3 aromatic rings. The van der Waals surface area contributed by atoms with Crippen molar-refractivity contribution in [3.05, 3.63) is 60.3 Å². The van der Waals surface area contributed by atoms with Crippen molar-refractivity contribution in [1.29, 1.82) is 0 Å². The Labute approximate surface area is 163 Å². The van der Waals surface area contributed by atoms with Gasteiger partial charge in [0.2, 0.25) is 0 Å². The molecule has 0 atom stereocenters. The van der Waals surface area contributed by atoms with E-state index < -0.39 is 0 Å². The molecule has 2 aromatic carbocycles. The van der Waals surface area contributed by atoms with Crippen molar-refractivity contribution in [3.63, 3.8) is 0 Å². The van der Waals surface area contributed by atoms with Gasteiger partial charge < -0.3 is 19.5 Å². The van der Waals surface area contributed by atoms with E-state index in [0.717, 1.165) is 10.9 Å². The fourth-order valence-corrected chi connectivity index (χ4v) is 2.63. The van der Waals surface area contributed by atoms with E-state index in [0.29, 0.717) is 22.8 Å². The highest BCUT2D eigenvalue weighted by molar-refractivity contribution is 5.97. The van der Waals surface area contributed by atoms with Gasteiger partial charge in [-0.25, -0.2) is 0 Å². The van der Waals surface area contributed by atoms with Crippen LogP contribution in [0.1, 0.15) is 10.4 Å². The van der Waals surface area contributed by atoms with E-state index in [9.17, 15) is 4.79 Å². The molecule has 0 unspecified atom stereocenters. The summed E-state index contributed by atoms with van der Waals surface area (Å²) in [6.45, 7) is 0.405. The predicted octanol–water partition coefficient (Wildman–Crippen LogP) is 3.06. The molecule has 1 heterocycles. The number of nitrogens with zero attached hydrogens (tertiary/aromatic N) is 1. The van der Waals surface area contributed by atoms with E-state index in [4.69, 9.17) is 14.2 Å². The first-order valence-electron chi connectivity index (χ1n) is 8.65. The summed E-state index contributed by atoms with van der Waals surface area (Å²) in [5.74, 6) is 7.23. The van der Waals surface area contributed by atoms with Gasteiger partial charge in [0.25, 0.3) is 5.91 Å². The fourth-order valence-electron chi connectivity index (χ4n) is 2.63. The number of pyridine rings is 1. The Balaban J connectivity index is 1.53. The van der Waals surface area contributed by atoms with Crippen molar-refractivity contribution in [3.8, 4) is 29.1 Å². The summed E-state index contributed by atoms with van der Waals surface area (Å²) in [6, 6.07) is 14.6. The maximum Gasteiger partial charge on any atom is 0.255 e. The number of amides is 1. The number of carbonyl (C=O) groups excluding carboxylic acids is 1. The number of carbonyl (C=O) groups is 1. The van der Waals surface area contributed by atoms with E-state index in [1.54, 1.807) is 31.5 Å². The van der Waals surface area contributed by atoms with Crippen molar-refractivity contribution >= 4 is 16.8 Å². The number of aromatic nitrogens is 1.